The molecule has 1 unspecified atom stereocenters. The number of nitrogens with two attached hydrogens (primary N) is 1. The van der Waals surface area contributed by atoms with Crippen LogP contribution in [0, 0.1) is 0 Å². The Morgan fingerprint density at radius 1 is 1.15 bits per heavy atom. The third kappa shape index (κ3) is 6.71. The highest BCUT2D eigenvalue weighted by atomic mass is 16.5. The lowest BCUT2D eigenvalue weighted by Crippen LogP contribution is -2.18. The van der Waals surface area contributed by atoms with Crippen molar-refractivity contribution in [3.05, 3.63) is 35.9 Å². The summed E-state index contributed by atoms with van der Waals surface area (Å²) < 4.78 is 5.28. The van der Waals surface area contributed by atoms with Crippen LogP contribution in [0.3, 0.4) is 0 Å². The number of hydrogen-bond donors (Lipinski definition) is 1. The third-order valence-corrected chi connectivity index (χ3v) is 3.48. The number of unbranched alkanes of at least 4 members (excludes halogenated alkanes) is 4. The predicted molar refractivity (Wildman–Crippen MR) is 82.6 cm³/mol. The number of carbonyl (C=O) groups is 1. The molecule has 112 valence electrons. The van der Waals surface area contributed by atoms with Crippen LogP contribution in [-0.4, -0.2) is 19.1 Å². The third-order valence-electron chi connectivity index (χ3n) is 3.48. The summed E-state index contributed by atoms with van der Waals surface area (Å²) in [6, 6.07) is 9.92. The first-order valence-electron chi connectivity index (χ1n) is 7.68. The van der Waals surface area contributed by atoms with E-state index >= 15 is 0 Å². The van der Waals surface area contributed by atoms with Gasteiger partial charge >= 0.3 is 5.97 Å². The van der Waals surface area contributed by atoms with E-state index < -0.39 is 0 Å². The summed E-state index contributed by atoms with van der Waals surface area (Å²) in [5.74, 6) is -0.0800. The summed E-state index contributed by atoms with van der Waals surface area (Å²) in [6.45, 7) is 3.20. The Hall–Kier alpha value is -1.35. The maximum atomic E-state index is 11.8. The molecular formula is C17H27NO2. The smallest absolute Gasteiger partial charge is 0.306 e. The summed E-state index contributed by atoms with van der Waals surface area (Å²) in [4.78, 5) is 11.8. The van der Waals surface area contributed by atoms with Gasteiger partial charge in [0.1, 0.15) is 0 Å². The molecule has 0 radical (unpaired) electrons. The van der Waals surface area contributed by atoms with Gasteiger partial charge in [0.15, 0.2) is 0 Å². The molecule has 0 heterocycles. The molecule has 1 aromatic rings. The Kier molecular flexibility index (Phi) is 8.72. The molecule has 20 heavy (non-hydrogen) atoms. The molecule has 0 saturated heterocycles. The molecule has 0 bridgehead atoms. The second-order valence-electron chi connectivity index (χ2n) is 5.18. The Labute approximate surface area is 122 Å². The summed E-state index contributed by atoms with van der Waals surface area (Å²) >= 11 is 0. The standard InChI is InChI=1S/C17H27NO2/c1-2-3-4-5-9-12-20-17(19)13-16(14-18)15-10-7-6-8-11-15/h6-8,10-11,16H,2-5,9,12-14,18H2,1H3. The molecule has 0 saturated carbocycles. The predicted octanol–water partition coefficient (Wildman–Crippen LogP) is 3.63. The minimum absolute atomic E-state index is 0.0591. The quantitative estimate of drug-likeness (QED) is 0.525. The van der Waals surface area contributed by atoms with Crippen LogP contribution in [-0.2, 0) is 9.53 Å². The van der Waals surface area contributed by atoms with Crippen LogP contribution in [0.2, 0.25) is 0 Å². The highest BCUT2D eigenvalue weighted by Gasteiger charge is 2.15. The summed E-state index contributed by atoms with van der Waals surface area (Å²) in [7, 11) is 0. The molecule has 1 atom stereocenters. The molecule has 0 aliphatic heterocycles. The number of hydrogen-bond acceptors (Lipinski definition) is 3. The Balaban J connectivity index is 2.23. The van der Waals surface area contributed by atoms with E-state index in [2.05, 4.69) is 6.92 Å². The zero-order valence-electron chi connectivity index (χ0n) is 12.5. The maximum Gasteiger partial charge on any atom is 0.306 e. The van der Waals surface area contributed by atoms with Crippen LogP contribution in [0.5, 0.6) is 0 Å². The zero-order chi connectivity index (χ0) is 14.6. The van der Waals surface area contributed by atoms with Gasteiger partial charge in [-0.15, -0.1) is 0 Å². The average molecular weight is 277 g/mol. The lowest BCUT2D eigenvalue weighted by atomic mass is 9.96. The van der Waals surface area contributed by atoms with Gasteiger partial charge in [-0.25, -0.2) is 0 Å². The van der Waals surface area contributed by atoms with E-state index in [1.807, 2.05) is 30.3 Å². The SMILES string of the molecule is CCCCCCCOC(=O)CC(CN)c1ccccc1. The first-order valence-corrected chi connectivity index (χ1v) is 7.68. The number of esters is 1. The minimum atomic E-state index is -0.139. The average Bonchev–Trinajstić information content (AvgIpc) is 2.49. The van der Waals surface area contributed by atoms with Crippen molar-refractivity contribution in [2.75, 3.05) is 13.2 Å². The highest BCUT2D eigenvalue weighted by Crippen LogP contribution is 2.18. The van der Waals surface area contributed by atoms with Crippen LogP contribution in [0.25, 0.3) is 0 Å². The van der Waals surface area contributed by atoms with Gasteiger partial charge in [0.05, 0.1) is 13.0 Å². The second kappa shape index (κ2) is 10.4. The summed E-state index contributed by atoms with van der Waals surface area (Å²) in [6.07, 6.45) is 6.19. The Bertz CT molecular complexity index is 365. The first kappa shape index (κ1) is 16.7. The lowest BCUT2D eigenvalue weighted by Gasteiger charge is -2.14. The number of benzene rings is 1. The largest absolute Gasteiger partial charge is 0.466 e. The fourth-order valence-corrected chi connectivity index (χ4v) is 2.21. The Morgan fingerprint density at radius 2 is 1.85 bits per heavy atom. The van der Waals surface area contributed by atoms with Crippen molar-refractivity contribution in [2.45, 2.75) is 51.4 Å². The van der Waals surface area contributed by atoms with Gasteiger partial charge in [0.2, 0.25) is 0 Å². The van der Waals surface area contributed by atoms with Crippen molar-refractivity contribution in [1.82, 2.24) is 0 Å². The minimum Gasteiger partial charge on any atom is -0.466 e. The molecule has 0 fully saturated rings. The topological polar surface area (TPSA) is 52.3 Å². The fourth-order valence-electron chi connectivity index (χ4n) is 2.21. The number of ether oxygens (including phenoxy) is 1. The summed E-state index contributed by atoms with van der Waals surface area (Å²) in [5.41, 5.74) is 6.86. The van der Waals surface area contributed by atoms with E-state index in [0.717, 1.165) is 18.4 Å². The highest BCUT2D eigenvalue weighted by molar-refractivity contribution is 5.70. The van der Waals surface area contributed by atoms with Crippen LogP contribution in [0.1, 0.15) is 56.9 Å². The van der Waals surface area contributed by atoms with Crippen LogP contribution < -0.4 is 5.73 Å². The molecular weight excluding hydrogens is 250 g/mol. The molecule has 1 rings (SSSR count). The van der Waals surface area contributed by atoms with Crippen molar-refractivity contribution >= 4 is 5.97 Å². The van der Waals surface area contributed by atoms with E-state index in [-0.39, 0.29) is 11.9 Å². The molecule has 0 amide bonds. The monoisotopic (exact) mass is 277 g/mol. The van der Waals surface area contributed by atoms with Crippen molar-refractivity contribution in [3.63, 3.8) is 0 Å². The molecule has 2 N–H and O–H groups in total. The van der Waals surface area contributed by atoms with E-state index in [1.165, 1.54) is 19.3 Å². The normalized spacial score (nSPS) is 12.1. The molecule has 3 heteroatoms. The fraction of sp³-hybridized carbons (Fsp3) is 0.588. The lowest BCUT2D eigenvalue weighted by molar-refractivity contribution is -0.144. The summed E-state index contributed by atoms with van der Waals surface area (Å²) in [5, 5.41) is 0. The van der Waals surface area contributed by atoms with Crippen molar-refractivity contribution in [3.8, 4) is 0 Å². The van der Waals surface area contributed by atoms with E-state index in [0.29, 0.717) is 19.6 Å². The van der Waals surface area contributed by atoms with Crippen molar-refractivity contribution < 1.29 is 9.53 Å². The molecule has 3 nitrogen and oxygen atoms in total. The Morgan fingerprint density at radius 3 is 2.50 bits per heavy atom. The van der Waals surface area contributed by atoms with Gasteiger partial charge in [-0.2, -0.15) is 0 Å². The van der Waals surface area contributed by atoms with E-state index in [9.17, 15) is 4.79 Å². The zero-order valence-corrected chi connectivity index (χ0v) is 12.5. The molecule has 0 aromatic heterocycles. The van der Waals surface area contributed by atoms with E-state index in [1.54, 1.807) is 0 Å². The van der Waals surface area contributed by atoms with Crippen molar-refractivity contribution in [1.29, 1.82) is 0 Å². The van der Waals surface area contributed by atoms with Gasteiger partial charge in [-0.05, 0) is 18.5 Å². The maximum absolute atomic E-state index is 11.8. The van der Waals surface area contributed by atoms with Crippen LogP contribution in [0.15, 0.2) is 30.3 Å². The molecule has 0 spiro atoms. The van der Waals surface area contributed by atoms with Gasteiger partial charge in [0, 0.05) is 5.92 Å². The van der Waals surface area contributed by atoms with Gasteiger partial charge in [0.25, 0.3) is 0 Å². The number of rotatable bonds is 10. The first-order chi connectivity index (χ1) is 9.77. The van der Waals surface area contributed by atoms with Gasteiger partial charge in [-0.1, -0.05) is 62.9 Å². The molecule has 0 aliphatic rings. The van der Waals surface area contributed by atoms with E-state index in [4.69, 9.17) is 10.5 Å². The van der Waals surface area contributed by atoms with Crippen molar-refractivity contribution in [2.24, 2.45) is 5.73 Å². The second-order valence-corrected chi connectivity index (χ2v) is 5.18. The molecule has 1 aromatic carbocycles. The van der Waals surface area contributed by atoms with Crippen LogP contribution in [0.4, 0.5) is 0 Å². The van der Waals surface area contributed by atoms with Gasteiger partial charge < -0.3 is 10.5 Å². The van der Waals surface area contributed by atoms with Crippen LogP contribution >= 0.6 is 0 Å². The number of carbonyl (C=O) groups excluding carboxylic acids is 1. The molecule has 0 aliphatic carbocycles. The van der Waals surface area contributed by atoms with Gasteiger partial charge in [-0.3, -0.25) is 4.79 Å².